The van der Waals surface area contributed by atoms with Gasteiger partial charge in [0.25, 0.3) is 0 Å². The Kier molecular flexibility index (Phi) is 3.04. The van der Waals surface area contributed by atoms with Crippen molar-refractivity contribution in [3.63, 3.8) is 0 Å². The van der Waals surface area contributed by atoms with E-state index in [1.165, 1.54) is 7.11 Å². The first-order chi connectivity index (χ1) is 7.26. The van der Waals surface area contributed by atoms with Crippen LogP contribution >= 0.6 is 0 Å². The fourth-order valence-corrected chi connectivity index (χ4v) is 1.89. The quantitative estimate of drug-likeness (QED) is 0.398. The van der Waals surface area contributed by atoms with E-state index in [2.05, 4.69) is 10.1 Å². The number of esters is 1. The van der Waals surface area contributed by atoms with Gasteiger partial charge in [-0.1, -0.05) is 0 Å². The number of rotatable bonds is 4. The molecule has 3 unspecified atom stereocenters. The highest BCUT2D eigenvalue weighted by molar-refractivity contribution is 5.89. The second-order valence-electron chi connectivity index (χ2n) is 3.72. The predicted molar refractivity (Wildman–Crippen MR) is 52.2 cm³/mol. The van der Waals surface area contributed by atoms with Gasteiger partial charge in [0.1, 0.15) is 6.79 Å². The Morgan fingerprint density at radius 1 is 1.60 bits per heavy atom. The van der Waals surface area contributed by atoms with Crippen molar-refractivity contribution >= 4 is 5.97 Å². The fourth-order valence-electron chi connectivity index (χ4n) is 1.89. The number of nitrogens with one attached hydrogen (secondary N) is 1. The first kappa shape index (κ1) is 10.6. The van der Waals surface area contributed by atoms with Gasteiger partial charge in [-0.05, 0) is 12.5 Å². The summed E-state index contributed by atoms with van der Waals surface area (Å²) in [7, 11) is 2.96. The number of carbonyl (C=O) groups excluding carboxylic acids is 1. The maximum absolute atomic E-state index is 11.3. The average molecular weight is 213 g/mol. The van der Waals surface area contributed by atoms with Crippen LogP contribution in [0.1, 0.15) is 6.42 Å². The highest BCUT2D eigenvalue weighted by atomic mass is 16.7. The van der Waals surface area contributed by atoms with E-state index < -0.39 is 0 Å². The second-order valence-corrected chi connectivity index (χ2v) is 3.72. The second kappa shape index (κ2) is 4.30. The molecule has 1 aliphatic carbocycles. The lowest BCUT2D eigenvalue weighted by Gasteiger charge is -2.18. The largest absolute Gasteiger partial charge is 0.466 e. The Morgan fingerprint density at radius 3 is 3.07 bits per heavy atom. The topological polar surface area (TPSA) is 66.7 Å². The van der Waals surface area contributed by atoms with Gasteiger partial charge in [-0.2, -0.15) is 0 Å². The van der Waals surface area contributed by atoms with Crippen molar-refractivity contribution < 1.29 is 19.0 Å². The number of fused-ring (bicyclic) bond motifs is 1. The van der Waals surface area contributed by atoms with E-state index in [0.717, 1.165) is 6.42 Å². The van der Waals surface area contributed by atoms with Gasteiger partial charge in [-0.3, -0.25) is 0 Å². The summed E-state index contributed by atoms with van der Waals surface area (Å²) in [5.74, 6) is -0.270. The van der Waals surface area contributed by atoms with Gasteiger partial charge in [-0.25, -0.2) is 4.79 Å². The van der Waals surface area contributed by atoms with Crippen LogP contribution in [0.15, 0.2) is 11.6 Å². The molecule has 0 aromatic carbocycles. The lowest BCUT2D eigenvalue weighted by atomic mass is 9.97. The Morgan fingerprint density at radius 2 is 2.40 bits per heavy atom. The van der Waals surface area contributed by atoms with Crippen LogP contribution in [0, 0.1) is 0 Å². The van der Waals surface area contributed by atoms with Gasteiger partial charge in [0.2, 0.25) is 0 Å². The van der Waals surface area contributed by atoms with Crippen molar-refractivity contribution in [3.8, 4) is 0 Å². The molecule has 0 spiro atoms. The third-order valence-electron chi connectivity index (χ3n) is 2.72. The molecule has 0 aromatic rings. The molecule has 84 valence electrons. The number of methoxy groups -OCH3 is 2. The first-order valence-corrected chi connectivity index (χ1v) is 4.92. The molecule has 1 aliphatic heterocycles. The molecule has 0 aromatic heterocycles. The van der Waals surface area contributed by atoms with Crippen LogP contribution in [0.25, 0.3) is 0 Å². The summed E-state index contributed by atoms with van der Waals surface area (Å²) >= 11 is 0. The molecule has 1 fully saturated rings. The van der Waals surface area contributed by atoms with E-state index in [4.69, 9.17) is 9.47 Å². The lowest BCUT2D eigenvalue weighted by Crippen LogP contribution is -2.27. The van der Waals surface area contributed by atoms with Crippen LogP contribution < -0.4 is 5.32 Å². The molecule has 5 nitrogen and oxygen atoms in total. The zero-order chi connectivity index (χ0) is 10.8. The van der Waals surface area contributed by atoms with Crippen molar-refractivity contribution in [3.05, 3.63) is 11.6 Å². The fraction of sp³-hybridized carbons (Fsp3) is 0.700. The molecular weight excluding hydrogens is 198 g/mol. The minimum absolute atomic E-state index is 0.0854. The SMILES string of the molecule is COCOC1C=C(C(=O)OC)CC2NC21. The Balaban J connectivity index is 2.00. The molecule has 2 rings (SSSR count). The Labute approximate surface area is 88.4 Å². The van der Waals surface area contributed by atoms with Crippen LogP contribution in [0.3, 0.4) is 0 Å². The van der Waals surface area contributed by atoms with Gasteiger partial charge >= 0.3 is 5.97 Å². The number of hydrogen-bond acceptors (Lipinski definition) is 5. The molecule has 0 amide bonds. The van der Waals surface area contributed by atoms with Gasteiger partial charge in [-0.15, -0.1) is 0 Å². The van der Waals surface area contributed by atoms with Crippen LogP contribution in [0.4, 0.5) is 0 Å². The van der Waals surface area contributed by atoms with Crippen molar-refractivity contribution in [2.24, 2.45) is 0 Å². The standard InChI is InChI=1S/C10H15NO4/c1-13-5-15-8-4-6(10(12)14-2)3-7-9(8)11-7/h4,7-9,11H,3,5H2,1-2H3. The molecule has 1 N–H and O–H groups in total. The molecule has 2 aliphatic rings. The molecule has 1 saturated heterocycles. The van der Waals surface area contributed by atoms with Crippen molar-refractivity contribution in [2.45, 2.75) is 24.6 Å². The summed E-state index contributed by atoms with van der Waals surface area (Å²) in [6.07, 6.45) is 2.47. The monoisotopic (exact) mass is 213 g/mol. The van der Waals surface area contributed by atoms with E-state index in [-0.39, 0.29) is 18.9 Å². The van der Waals surface area contributed by atoms with E-state index in [1.807, 2.05) is 6.08 Å². The molecule has 1 heterocycles. The average Bonchev–Trinajstić information content (AvgIpc) is 3.03. The van der Waals surface area contributed by atoms with Crippen molar-refractivity contribution in [2.75, 3.05) is 21.0 Å². The summed E-state index contributed by atoms with van der Waals surface area (Å²) in [6, 6.07) is 0.680. The van der Waals surface area contributed by atoms with Crippen LogP contribution in [-0.4, -0.2) is 45.2 Å². The van der Waals surface area contributed by atoms with Gasteiger partial charge < -0.3 is 19.5 Å². The molecule has 3 atom stereocenters. The highest BCUT2D eigenvalue weighted by Gasteiger charge is 2.46. The summed E-state index contributed by atoms with van der Waals surface area (Å²) in [4.78, 5) is 11.3. The highest BCUT2D eigenvalue weighted by Crippen LogP contribution is 2.31. The molecular formula is C10H15NO4. The lowest BCUT2D eigenvalue weighted by molar-refractivity contribution is -0.136. The minimum Gasteiger partial charge on any atom is -0.466 e. The van der Waals surface area contributed by atoms with E-state index >= 15 is 0 Å². The van der Waals surface area contributed by atoms with Crippen LogP contribution in [-0.2, 0) is 19.0 Å². The summed E-state index contributed by atoms with van der Waals surface area (Å²) < 4.78 is 15.0. The van der Waals surface area contributed by atoms with E-state index in [1.54, 1.807) is 7.11 Å². The third-order valence-corrected chi connectivity index (χ3v) is 2.72. The minimum atomic E-state index is -0.270. The molecule has 0 bridgehead atoms. The first-order valence-electron chi connectivity index (χ1n) is 4.92. The molecule has 15 heavy (non-hydrogen) atoms. The third kappa shape index (κ3) is 2.19. The summed E-state index contributed by atoms with van der Waals surface area (Å²) in [5, 5.41) is 3.26. The normalized spacial score (nSPS) is 32.9. The number of carbonyl (C=O) groups is 1. The van der Waals surface area contributed by atoms with Gasteiger partial charge in [0, 0.05) is 18.7 Å². The maximum atomic E-state index is 11.3. The van der Waals surface area contributed by atoms with Gasteiger partial charge in [0.05, 0.1) is 19.3 Å². The number of hydrogen-bond donors (Lipinski definition) is 1. The Bertz CT molecular complexity index is 289. The van der Waals surface area contributed by atoms with Crippen molar-refractivity contribution in [1.82, 2.24) is 5.32 Å². The van der Waals surface area contributed by atoms with E-state index in [9.17, 15) is 4.79 Å². The zero-order valence-electron chi connectivity index (χ0n) is 8.86. The summed E-state index contributed by atoms with van der Waals surface area (Å²) in [6.45, 7) is 0.237. The number of ether oxygens (including phenoxy) is 3. The molecule has 0 saturated carbocycles. The smallest absolute Gasteiger partial charge is 0.333 e. The van der Waals surface area contributed by atoms with Gasteiger partial charge in [0.15, 0.2) is 0 Å². The van der Waals surface area contributed by atoms with Crippen molar-refractivity contribution in [1.29, 1.82) is 0 Å². The van der Waals surface area contributed by atoms with Crippen LogP contribution in [0.5, 0.6) is 0 Å². The molecule has 5 heteroatoms. The summed E-state index contributed by atoms with van der Waals surface area (Å²) in [5.41, 5.74) is 0.685. The molecule has 0 radical (unpaired) electrons. The zero-order valence-corrected chi connectivity index (χ0v) is 8.86. The predicted octanol–water partition coefficient (Wildman–Crippen LogP) is -0.181. The Hall–Kier alpha value is -0.910. The maximum Gasteiger partial charge on any atom is 0.333 e. The van der Waals surface area contributed by atoms with E-state index in [0.29, 0.717) is 17.7 Å². The van der Waals surface area contributed by atoms with Crippen LogP contribution in [0.2, 0.25) is 0 Å².